The quantitative estimate of drug-likeness (QED) is 0.273. The van der Waals surface area contributed by atoms with Gasteiger partial charge in [-0.15, -0.1) is 0 Å². The third-order valence-corrected chi connectivity index (χ3v) is 5.84. The van der Waals surface area contributed by atoms with Gasteiger partial charge in [-0.2, -0.15) is 0 Å². The first-order valence-corrected chi connectivity index (χ1v) is 13.3. The Labute approximate surface area is 235 Å². The zero-order valence-electron chi connectivity index (χ0n) is 23.6. The molecule has 4 aromatic rings. The SMILES string of the molecule is CC.CC.COC(=O)c1cc(C(=O)NCc2c(C)cc(N)nc2C)cc(Cc2ccc3ncc(Cl)cc3c2)n1. The lowest BCUT2D eigenvalue weighted by Crippen LogP contribution is -2.25. The highest BCUT2D eigenvalue weighted by molar-refractivity contribution is 6.31. The minimum Gasteiger partial charge on any atom is -0.464 e. The molecule has 4 rings (SSSR count). The van der Waals surface area contributed by atoms with Gasteiger partial charge in [-0.25, -0.2) is 14.8 Å². The molecule has 3 N–H and O–H groups in total. The van der Waals surface area contributed by atoms with Crippen molar-refractivity contribution in [3.63, 3.8) is 0 Å². The van der Waals surface area contributed by atoms with Gasteiger partial charge in [0.2, 0.25) is 0 Å². The van der Waals surface area contributed by atoms with E-state index >= 15 is 0 Å². The molecule has 206 valence electrons. The fourth-order valence-corrected chi connectivity index (χ4v) is 4.08. The normalized spacial score (nSPS) is 10.1. The summed E-state index contributed by atoms with van der Waals surface area (Å²) in [7, 11) is 1.27. The maximum absolute atomic E-state index is 13.0. The third kappa shape index (κ3) is 8.22. The molecular weight excluding hydrogens is 514 g/mol. The number of fused-ring (bicyclic) bond motifs is 1. The minimum atomic E-state index is -0.621. The van der Waals surface area contributed by atoms with Crippen LogP contribution in [0, 0.1) is 13.8 Å². The largest absolute Gasteiger partial charge is 0.464 e. The Balaban J connectivity index is 0.00000127. The molecule has 0 bridgehead atoms. The first-order chi connectivity index (χ1) is 18.7. The van der Waals surface area contributed by atoms with E-state index in [0.717, 1.165) is 33.3 Å². The van der Waals surface area contributed by atoms with E-state index < -0.39 is 5.97 Å². The number of esters is 1. The molecule has 0 fully saturated rings. The zero-order chi connectivity index (χ0) is 29.1. The molecule has 1 aromatic carbocycles. The second kappa shape index (κ2) is 14.8. The molecule has 0 aliphatic heterocycles. The van der Waals surface area contributed by atoms with Crippen molar-refractivity contribution < 1.29 is 14.3 Å². The highest BCUT2D eigenvalue weighted by Crippen LogP contribution is 2.21. The Hall–Kier alpha value is -4.04. The van der Waals surface area contributed by atoms with E-state index in [1.165, 1.54) is 13.2 Å². The molecule has 0 spiro atoms. The van der Waals surface area contributed by atoms with Crippen molar-refractivity contribution in [2.24, 2.45) is 0 Å². The summed E-state index contributed by atoms with van der Waals surface area (Å²) in [4.78, 5) is 38.3. The summed E-state index contributed by atoms with van der Waals surface area (Å²) in [6, 6.07) is 12.5. The van der Waals surface area contributed by atoms with Crippen LogP contribution in [-0.4, -0.2) is 33.9 Å². The number of halogens is 1. The maximum atomic E-state index is 13.0. The van der Waals surface area contributed by atoms with E-state index in [9.17, 15) is 9.59 Å². The van der Waals surface area contributed by atoms with Gasteiger partial charge in [0.15, 0.2) is 0 Å². The number of hydrogen-bond donors (Lipinski definition) is 2. The average molecular weight is 550 g/mol. The maximum Gasteiger partial charge on any atom is 0.356 e. The van der Waals surface area contributed by atoms with Crippen molar-refractivity contribution in [1.82, 2.24) is 20.3 Å². The molecule has 0 unspecified atom stereocenters. The van der Waals surface area contributed by atoms with Gasteiger partial charge in [-0.3, -0.25) is 9.78 Å². The highest BCUT2D eigenvalue weighted by atomic mass is 35.5. The molecule has 0 saturated carbocycles. The lowest BCUT2D eigenvalue weighted by Gasteiger charge is -2.13. The molecule has 3 heterocycles. The second-order valence-electron chi connectivity index (χ2n) is 8.19. The monoisotopic (exact) mass is 549 g/mol. The van der Waals surface area contributed by atoms with E-state index in [0.29, 0.717) is 28.5 Å². The van der Waals surface area contributed by atoms with Crippen LogP contribution in [0.2, 0.25) is 5.02 Å². The number of carbonyl (C=O) groups excluding carboxylic acids is 2. The Bertz CT molecular complexity index is 1430. The minimum absolute atomic E-state index is 0.0576. The summed E-state index contributed by atoms with van der Waals surface area (Å²) >= 11 is 6.08. The predicted octanol–water partition coefficient (Wildman–Crippen LogP) is 6.24. The lowest BCUT2D eigenvalue weighted by atomic mass is 10.0. The number of nitrogens with two attached hydrogens (primary N) is 1. The van der Waals surface area contributed by atoms with Crippen molar-refractivity contribution in [3.05, 3.63) is 93.0 Å². The predicted molar refractivity (Wildman–Crippen MR) is 157 cm³/mol. The Kier molecular flexibility index (Phi) is 11.8. The van der Waals surface area contributed by atoms with Gasteiger partial charge in [-0.05, 0) is 66.9 Å². The Morgan fingerprint density at radius 3 is 2.38 bits per heavy atom. The standard InChI is InChI=1S/C26H24ClN5O3.2C2H6/c1-14-6-24(28)31-15(2)21(14)13-30-25(33)18-10-20(32-23(11-18)26(34)35-3)8-16-4-5-22-17(7-16)9-19(27)12-29-22;2*1-2/h4-7,9-12H,8,13H2,1-3H3,(H2,28,31)(H,30,33);2*1-2H3. The fourth-order valence-electron chi connectivity index (χ4n) is 3.92. The number of pyridine rings is 3. The number of aryl methyl sites for hydroxylation is 2. The van der Waals surface area contributed by atoms with Crippen LogP contribution in [0.3, 0.4) is 0 Å². The van der Waals surface area contributed by atoms with E-state index in [4.69, 9.17) is 22.1 Å². The number of nitrogens with zero attached hydrogens (tertiary/aromatic N) is 3. The number of carbonyl (C=O) groups is 2. The molecule has 0 aliphatic rings. The van der Waals surface area contributed by atoms with Gasteiger partial charge in [-0.1, -0.05) is 45.4 Å². The van der Waals surface area contributed by atoms with Crippen molar-refractivity contribution in [1.29, 1.82) is 0 Å². The van der Waals surface area contributed by atoms with Gasteiger partial charge in [0.25, 0.3) is 5.91 Å². The van der Waals surface area contributed by atoms with Crippen LogP contribution in [0.1, 0.15) is 76.6 Å². The molecule has 8 nitrogen and oxygen atoms in total. The molecule has 0 saturated heterocycles. The summed E-state index contributed by atoms with van der Waals surface area (Å²) in [5.74, 6) is -0.531. The van der Waals surface area contributed by atoms with E-state index in [1.807, 2.05) is 65.8 Å². The van der Waals surface area contributed by atoms with Crippen LogP contribution in [-0.2, 0) is 17.7 Å². The van der Waals surface area contributed by atoms with Crippen LogP contribution in [0.25, 0.3) is 10.9 Å². The van der Waals surface area contributed by atoms with Crippen molar-refractivity contribution in [2.45, 2.75) is 54.5 Å². The number of methoxy groups -OCH3 is 1. The number of rotatable bonds is 6. The number of amides is 1. The van der Waals surface area contributed by atoms with E-state index in [2.05, 4.69) is 20.3 Å². The summed E-state index contributed by atoms with van der Waals surface area (Å²) in [5.41, 5.74) is 11.0. The van der Waals surface area contributed by atoms with E-state index in [1.54, 1.807) is 18.3 Å². The Morgan fingerprint density at radius 1 is 1.00 bits per heavy atom. The molecule has 9 heteroatoms. The Morgan fingerprint density at radius 2 is 1.72 bits per heavy atom. The highest BCUT2D eigenvalue weighted by Gasteiger charge is 2.16. The summed E-state index contributed by atoms with van der Waals surface area (Å²) in [5, 5.41) is 4.33. The van der Waals surface area contributed by atoms with Crippen LogP contribution < -0.4 is 11.1 Å². The molecule has 3 aromatic heterocycles. The first-order valence-electron chi connectivity index (χ1n) is 12.9. The average Bonchev–Trinajstić information content (AvgIpc) is 2.93. The number of ether oxygens (including phenoxy) is 1. The zero-order valence-corrected chi connectivity index (χ0v) is 24.3. The van der Waals surface area contributed by atoms with Crippen LogP contribution in [0.4, 0.5) is 5.82 Å². The number of nitrogen functional groups attached to an aromatic ring is 1. The van der Waals surface area contributed by atoms with Gasteiger partial charge in [0, 0.05) is 41.5 Å². The van der Waals surface area contributed by atoms with Crippen LogP contribution in [0.15, 0.2) is 48.7 Å². The van der Waals surface area contributed by atoms with Crippen LogP contribution >= 0.6 is 11.6 Å². The van der Waals surface area contributed by atoms with Crippen molar-refractivity contribution in [2.75, 3.05) is 12.8 Å². The number of nitrogens with one attached hydrogen (secondary N) is 1. The molecular formula is C30H36ClN5O3. The third-order valence-electron chi connectivity index (χ3n) is 5.63. The van der Waals surface area contributed by atoms with Gasteiger partial charge in [0.05, 0.1) is 17.6 Å². The van der Waals surface area contributed by atoms with E-state index in [-0.39, 0.29) is 18.1 Å². The van der Waals surface area contributed by atoms with Crippen LogP contribution in [0.5, 0.6) is 0 Å². The molecule has 0 radical (unpaired) electrons. The fraction of sp³-hybridized carbons (Fsp3) is 0.300. The number of aromatic nitrogens is 3. The van der Waals surface area contributed by atoms with Gasteiger partial charge >= 0.3 is 5.97 Å². The first kappa shape index (κ1) is 31.2. The van der Waals surface area contributed by atoms with Crippen molar-refractivity contribution in [3.8, 4) is 0 Å². The molecule has 0 atom stereocenters. The second-order valence-corrected chi connectivity index (χ2v) is 8.63. The number of benzene rings is 1. The smallest absolute Gasteiger partial charge is 0.356 e. The molecule has 39 heavy (non-hydrogen) atoms. The molecule has 1 amide bonds. The number of anilines is 1. The molecule has 0 aliphatic carbocycles. The van der Waals surface area contributed by atoms with Gasteiger partial charge < -0.3 is 15.8 Å². The summed E-state index contributed by atoms with van der Waals surface area (Å²) in [6.45, 7) is 12.0. The lowest BCUT2D eigenvalue weighted by molar-refractivity contribution is 0.0593. The number of hydrogen-bond acceptors (Lipinski definition) is 7. The summed E-state index contributed by atoms with van der Waals surface area (Å²) < 4.78 is 4.84. The topological polar surface area (TPSA) is 120 Å². The summed E-state index contributed by atoms with van der Waals surface area (Å²) in [6.07, 6.45) is 1.99. The van der Waals surface area contributed by atoms with Gasteiger partial charge in [0.1, 0.15) is 11.5 Å². The van der Waals surface area contributed by atoms with Crippen molar-refractivity contribution >= 4 is 40.2 Å².